The Hall–Kier alpha value is 0.426. The van der Waals surface area contributed by atoms with Gasteiger partial charge in [0.1, 0.15) is 0 Å². The molecule has 0 saturated heterocycles. The number of halogens is 1. The normalized spacial score (nSPS) is 7.73. The molecule has 11 heavy (non-hydrogen) atoms. The van der Waals surface area contributed by atoms with Gasteiger partial charge in [0, 0.05) is 6.61 Å². The third kappa shape index (κ3) is 5.67. The summed E-state index contributed by atoms with van der Waals surface area (Å²) in [7, 11) is 0. The molecule has 1 rings (SSSR count). The monoisotopic (exact) mass is 225 g/mol. The summed E-state index contributed by atoms with van der Waals surface area (Å²) in [5, 5.41) is 8.52. The summed E-state index contributed by atoms with van der Waals surface area (Å²) in [6, 6.07) is 9.95. The van der Waals surface area contributed by atoms with Crippen LogP contribution in [-0.2, 0) is 6.42 Å². The van der Waals surface area contributed by atoms with Crippen molar-refractivity contribution in [1.29, 1.82) is 0 Å². The van der Waals surface area contributed by atoms with Crippen molar-refractivity contribution >= 4 is 23.1 Å². The van der Waals surface area contributed by atoms with E-state index in [0.29, 0.717) is 0 Å². The molecule has 1 N–H and O–H groups in total. The summed E-state index contributed by atoms with van der Waals surface area (Å²) < 4.78 is 0. The molecule has 0 fully saturated rings. The summed E-state index contributed by atoms with van der Waals surface area (Å²) in [5.74, 6) is 0. The van der Waals surface area contributed by atoms with Gasteiger partial charge in [-0.15, -0.1) is 0 Å². The van der Waals surface area contributed by atoms with Crippen molar-refractivity contribution in [3.05, 3.63) is 35.9 Å². The summed E-state index contributed by atoms with van der Waals surface area (Å²) in [6.45, 7) is 0.240. The number of aliphatic hydroxyl groups is 1. The van der Waals surface area contributed by atoms with Crippen molar-refractivity contribution < 1.29 is 22.1 Å². The van der Waals surface area contributed by atoms with Crippen LogP contribution in [0.25, 0.3) is 0 Å². The standard InChI is InChI=1S/C8H10O.BrH.Mg/c9-7-6-8-4-2-1-3-5-8;;/h1-5,9H,6-7H2;1H;/q;;+2/p-1. The van der Waals surface area contributed by atoms with Crippen LogP contribution >= 0.6 is 0 Å². The van der Waals surface area contributed by atoms with E-state index in [2.05, 4.69) is 0 Å². The summed E-state index contributed by atoms with van der Waals surface area (Å²) >= 11 is 0. The molecule has 0 amide bonds. The zero-order valence-corrected chi connectivity index (χ0v) is 9.33. The molecule has 1 nitrogen and oxygen atoms in total. The van der Waals surface area contributed by atoms with Crippen LogP contribution in [-0.4, -0.2) is 34.8 Å². The zero-order valence-electron chi connectivity index (χ0n) is 6.33. The molecular formula is C8H10BrMgO+. The van der Waals surface area contributed by atoms with E-state index in [4.69, 9.17) is 5.11 Å². The fourth-order valence-corrected chi connectivity index (χ4v) is 0.774. The molecular weight excluding hydrogens is 216 g/mol. The van der Waals surface area contributed by atoms with E-state index >= 15 is 0 Å². The first kappa shape index (κ1) is 14.0. The second-order valence-electron chi connectivity index (χ2n) is 1.96. The van der Waals surface area contributed by atoms with Gasteiger partial charge >= 0.3 is 23.1 Å². The fourth-order valence-electron chi connectivity index (χ4n) is 0.774. The molecule has 0 bridgehead atoms. The van der Waals surface area contributed by atoms with E-state index in [1.165, 1.54) is 5.56 Å². The first-order valence-electron chi connectivity index (χ1n) is 3.08. The Balaban J connectivity index is 0. The predicted octanol–water partition coefficient (Wildman–Crippen LogP) is -2.16. The Morgan fingerprint density at radius 3 is 2.09 bits per heavy atom. The first-order chi connectivity index (χ1) is 4.43. The first-order valence-corrected chi connectivity index (χ1v) is 3.08. The van der Waals surface area contributed by atoms with Crippen molar-refractivity contribution in [3.63, 3.8) is 0 Å². The van der Waals surface area contributed by atoms with Gasteiger partial charge in [0.2, 0.25) is 0 Å². The Labute approximate surface area is 93.7 Å². The van der Waals surface area contributed by atoms with Gasteiger partial charge < -0.3 is 22.1 Å². The van der Waals surface area contributed by atoms with E-state index in [1.807, 2.05) is 30.3 Å². The molecule has 0 unspecified atom stereocenters. The van der Waals surface area contributed by atoms with Crippen molar-refractivity contribution in [2.75, 3.05) is 6.61 Å². The Morgan fingerprint density at radius 2 is 1.64 bits per heavy atom. The Kier molecular flexibility index (Phi) is 10.8. The second kappa shape index (κ2) is 8.52. The molecule has 1 aromatic carbocycles. The average molecular weight is 226 g/mol. The van der Waals surface area contributed by atoms with E-state index < -0.39 is 0 Å². The van der Waals surface area contributed by atoms with Crippen LogP contribution in [0.3, 0.4) is 0 Å². The van der Waals surface area contributed by atoms with E-state index in [9.17, 15) is 0 Å². The van der Waals surface area contributed by atoms with Crippen LogP contribution in [0, 0.1) is 0 Å². The summed E-state index contributed by atoms with van der Waals surface area (Å²) in [5.41, 5.74) is 1.19. The number of aliphatic hydroxyl groups excluding tert-OH is 1. The maximum absolute atomic E-state index is 8.52. The van der Waals surface area contributed by atoms with Crippen LogP contribution in [0.2, 0.25) is 0 Å². The minimum Gasteiger partial charge on any atom is -1.00 e. The quantitative estimate of drug-likeness (QED) is 0.570. The molecule has 3 heteroatoms. The smallest absolute Gasteiger partial charge is 1.00 e. The molecule has 0 atom stereocenters. The van der Waals surface area contributed by atoms with Gasteiger partial charge in [0.15, 0.2) is 0 Å². The molecule has 0 aliphatic carbocycles. The van der Waals surface area contributed by atoms with Gasteiger partial charge in [-0.2, -0.15) is 0 Å². The minimum absolute atomic E-state index is 0. The molecule has 56 valence electrons. The van der Waals surface area contributed by atoms with E-state index in [-0.39, 0.29) is 46.6 Å². The molecule has 0 spiro atoms. The van der Waals surface area contributed by atoms with Crippen LogP contribution in [0.15, 0.2) is 30.3 Å². The van der Waals surface area contributed by atoms with Crippen molar-refractivity contribution in [2.24, 2.45) is 0 Å². The molecule has 1 aromatic rings. The summed E-state index contributed by atoms with van der Waals surface area (Å²) in [6.07, 6.45) is 0.765. The van der Waals surface area contributed by atoms with E-state index in [1.54, 1.807) is 0 Å². The molecule has 0 saturated carbocycles. The van der Waals surface area contributed by atoms with Crippen molar-refractivity contribution in [1.82, 2.24) is 0 Å². The van der Waals surface area contributed by atoms with Gasteiger partial charge in [-0.05, 0) is 12.0 Å². The number of rotatable bonds is 2. The molecule has 0 aromatic heterocycles. The molecule has 0 heterocycles. The van der Waals surface area contributed by atoms with E-state index in [0.717, 1.165) is 6.42 Å². The van der Waals surface area contributed by atoms with Gasteiger partial charge in [-0.3, -0.25) is 0 Å². The predicted molar refractivity (Wildman–Crippen MR) is 43.0 cm³/mol. The number of hydrogen-bond donors (Lipinski definition) is 1. The maximum Gasteiger partial charge on any atom is 2.00 e. The average Bonchev–Trinajstić information content (AvgIpc) is 1.91. The minimum atomic E-state index is 0. The largest absolute Gasteiger partial charge is 2.00 e. The van der Waals surface area contributed by atoms with Gasteiger partial charge in [0.05, 0.1) is 0 Å². The number of benzene rings is 1. The zero-order chi connectivity index (χ0) is 6.53. The maximum atomic E-state index is 8.52. The third-order valence-electron chi connectivity index (χ3n) is 1.24. The Morgan fingerprint density at radius 1 is 1.09 bits per heavy atom. The molecule has 0 aliphatic rings. The van der Waals surface area contributed by atoms with Crippen LogP contribution in [0.4, 0.5) is 0 Å². The second-order valence-corrected chi connectivity index (χ2v) is 1.96. The summed E-state index contributed by atoms with van der Waals surface area (Å²) in [4.78, 5) is 0. The fraction of sp³-hybridized carbons (Fsp3) is 0.250. The van der Waals surface area contributed by atoms with Crippen LogP contribution < -0.4 is 17.0 Å². The van der Waals surface area contributed by atoms with Gasteiger partial charge in [-0.1, -0.05) is 30.3 Å². The Bertz CT molecular complexity index is 167. The van der Waals surface area contributed by atoms with Gasteiger partial charge in [-0.25, -0.2) is 0 Å². The molecule has 0 aliphatic heterocycles. The SMILES string of the molecule is OCCc1ccccc1.[Br-].[Mg+2]. The third-order valence-corrected chi connectivity index (χ3v) is 1.24. The van der Waals surface area contributed by atoms with Crippen LogP contribution in [0.1, 0.15) is 5.56 Å². The molecule has 0 radical (unpaired) electrons. The van der Waals surface area contributed by atoms with Gasteiger partial charge in [0.25, 0.3) is 0 Å². The van der Waals surface area contributed by atoms with Crippen molar-refractivity contribution in [3.8, 4) is 0 Å². The topological polar surface area (TPSA) is 20.2 Å². The van der Waals surface area contributed by atoms with Crippen LogP contribution in [0.5, 0.6) is 0 Å². The number of hydrogen-bond acceptors (Lipinski definition) is 1. The van der Waals surface area contributed by atoms with Crippen molar-refractivity contribution in [2.45, 2.75) is 6.42 Å².